The quantitative estimate of drug-likeness (QED) is 0.0897. The molecule has 3 rings (SSSR count). The van der Waals surface area contributed by atoms with Crippen molar-refractivity contribution in [3.63, 3.8) is 0 Å². The molecular weight excluding hydrogens is 1290 g/mol. The van der Waals surface area contributed by atoms with Crippen molar-refractivity contribution in [2.45, 2.75) is 539 Å². The Labute approximate surface area is 652 Å². The van der Waals surface area contributed by atoms with Crippen LogP contribution in [-0.4, -0.2) is 67.8 Å². The van der Waals surface area contributed by atoms with Gasteiger partial charge in [-0.1, -0.05) is 497 Å². The van der Waals surface area contributed by atoms with Gasteiger partial charge in [0.25, 0.3) is 0 Å². The smallest absolute Gasteiger partial charge is 0.0597 e. The van der Waals surface area contributed by atoms with E-state index < -0.39 is 40.4 Å². The van der Waals surface area contributed by atoms with Crippen molar-refractivity contribution in [2.24, 2.45) is 39.9 Å². The number of methoxy groups -OCH3 is 2. The van der Waals surface area contributed by atoms with Crippen molar-refractivity contribution >= 4 is 40.4 Å². The Morgan fingerprint density at radius 1 is 0.390 bits per heavy atom. The molecule has 0 spiro atoms. The zero-order chi connectivity index (χ0) is 82.1. The minimum Gasteiger partial charge on any atom is -0.384 e. The van der Waals surface area contributed by atoms with E-state index in [1.165, 1.54) is 165 Å². The zero-order valence-corrected chi connectivity index (χ0v) is 86.5. The van der Waals surface area contributed by atoms with Crippen molar-refractivity contribution in [3.8, 4) is 0 Å². The molecule has 0 bridgehead atoms. The van der Waals surface area contributed by atoms with Gasteiger partial charge in [0.1, 0.15) is 0 Å². The summed E-state index contributed by atoms with van der Waals surface area (Å²) in [4.78, 5) is 0. The Morgan fingerprint density at radius 3 is 0.740 bits per heavy atom. The predicted molar refractivity (Wildman–Crippen MR) is 498 cm³/mol. The fourth-order valence-electron chi connectivity index (χ4n) is 13.3. The highest BCUT2D eigenvalue weighted by molar-refractivity contribution is 6.83. The van der Waals surface area contributed by atoms with Gasteiger partial charge in [0.05, 0.1) is 30.8 Å². The van der Waals surface area contributed by atoms with Crippen LogP contribution in [0.4, 0.5) is 0 Å². The molecule has 3 aliphatic carbocycles. The number of ether oxygens (including phenoxy) is 2. The monoisotopic (exact) mass is 1510 g/mol. The van der Waals surface area contributed by atoms with Gasteiger partial charge in [-0.05, 0) is 82.2 Å². The maximum atomic E-state index is 5.13. The first-order valence-electron chi connectivity index (χ1n) is 44.6. The maximum Gasteiger partial charge on any atom is 0.0597 e. The highest BCUT2D eigenvalue weighted by atomic mass is 28.3. The van der Waals surface area contributed by atoms with E-state index in [2.05, 4.69) is 315 Å². The molecule has 0 aromatic carbocycles. The van der Waals surface area contributed by atoms with Gasteiger partial charge < -0.3 is 9.47 Å². The van der Waals surface area contributed by atoms with E-state index in [1.807, 2.05) is 13.8 Å². The lowest BCUT2D eigenvalue weighted by molar-refractivity contribution is 0.0967. The average Bonchev–Trinajstić information content (AvgIpc) is 0.853. The summed E-state index contributed by atoms with van der Waals surface area (Å²) in [6.07, 6.45) is 30.9. The van der Waals surface area contributed by atoms with Crippen LogP contribution in [0.2, 0.25) is 121 Å². The van der Waals surface area contributed by atoms with Gasteiger partial charge in [-0.15, -0.1) is 0 Å². The minimum atomic E-state index is -1.14. The molecule has 2 nitrogen and oxygen atoms in total. The van der Waals surface area contributed by atoms with E-state index in [1.54, 1.807) is 14.2 Å². The first kappa shape index (κ1) is 125. The number of rotatable bonds is 24. The van der Waals surface area contributed by atoms with Crippen LogP contribution in [0.3, 0.4) is 0 Å². The third kappa shape index (κ3) is 78.6. The van der Waals surface area contributed by atoms with Crippen molar-refractivity contribution in [2.75, 3.05) is 27.4 Å². The maximum absolute atomic E-state index is 5.13. The van der Waals surface area contributed by atoms with Crippen LogP contribution in [0.1, 0.15) is 418 Å². The third-order valence-electron chi connectivity index (χ3n) is 23.4. The summed E-state index contributed by atoms with van der Waals surface area (Å²) in [5.41, 5.74) is 9.32. The molecule has 0 aromatic rings. The SMILES string of the molecule is CC.CC(C)(C)C.CC(C)C.CC(C)[Si](C)(C(C)C)C(C)C.CCC.CCC(C)(C)C.CCC(C)C.CCC(CC)[Si](C)(C(CC)CC)C(CC)CC.CCC1CCCC1.CC[Si](C)(C(C)C)C(C)C.CC[Si](C)(CC)CC.COCC1(C)CCCC1.COCC1CCCC1.C[Si](C)(C)C. The lowest BCUT2D eigenvalue weighted by Gasteiger charge is -2.47. The Hall–Kier alpha value is 1.00. The standard InChI is InChI=1S/C16H36Si.C10H24Si.C9H22Si.C8H16O.C7H14O.C7H18Si.C7H14.C6H14.2C5H12.C4H12Si.C4H10.C3H8.C2H6/c1-8-14(9-2)17(7,15(10-3)11-4)16(12-5)13-6;1-8(2)11(7,9(3)4)10(5)6;1-7-10(6,8(2)3)9(4)5;1-8(7-9-2)5-3-4-6-8;1-8-6-7-4-2-3-5-7;1-5-8(4,6-2)7-3;1-2-7-5-3-4-6-7;1-5-6(2,3)4;1-5(2,3)4;1-4-5(2)3;1-5(2,3)4;1-4(2)3;1-3-2;1-2/h14-16H,8-13H2,1-7H3;8-10H,1-7H3;8-9H,7H2,1-6H3;3-7H2,1-2H3;7H,2-6H2,1H3;5-7H2,1-4H3;7H,2-6H2,1H3;5H2,1-4H3;1-4H3;5H,4H2,1-3H3;1-4H3;4H,1-3H3;3H2,1-2H3;1-2H3. The third-order valence-corrected chi connectivity index (χ3v) is 50.5. The normalized spacial score (nSPS) is 14.6. The van der Waals surface area contributed by atoms with E-state index in [-0.39, 0.29) is 0 Å². The summed E-state index contributed by atoms with van der Waals surface area (Å²) >= 11 is 0. The highest BCUT2D eigenvalue weighted by Crippen LogP contribution is 2.51. The van der Waals surface area contributed by atoms with E-state index >= 15 is 0 Å². The first-order chi connectivity index (χ1) is 45.6. The fraction of sp³-hybridized carbons (Fsp3) is 1.00. The second kappa shape index (κ2) is 74.1. The van der Waals surface area contributed by atoms with Crippen LogP contribution in [0.5, 0.6) is 0 Å². The van der Waals surface area contributed by atoms with Crippen LogP contribution >= 0.6 is 0 Å². The van der Waals surface area contributed by atoms with Crippen LogP contribution < -0.4 is 0 Å². The Bertz CT molecular complexity index is 1420. The molecule has 3 aliphatic rings. The van der Waals surface area contributed by atoms with Gasteiger partial charge in [0.15, 0.2) is 0 Å². The van der Waals surface area contributed by atoms with Gasteiger partial charge in [0, 0.05) is 37.0 Å². The summed E-state index contributed by atoms with van der Waals surface area (Å²) in [5, 5.41) is 0. The van der Waals surface area contributed by atoms with E-state index in [4.69, 9.17) is 9.47 Å². The Balaban J connectivity index is -0.0000000973. The molecule has 0 aromatic heterocycles. The second-order valence-electron chi connectivity index (χ2n) is 39.5. The molecule has 0 radical (unpaired) electrons. The van der Waals surface area contributed by atoms with Gasteiger partial charge in [-0.3, -0.25) is 0 Å². The Kier molecular flexibility index (Phi) is 92.4. The summed E-state index contributed by atoms with van der Waals surface area (Å²) in [7, 11) is -0.694. The van der Waals surface area contributed by atoms with E-state index in [9.17, 15) is 0 Å². The molecule has 0 unspecified atom stereocenters. The van der Waals surface area contributed by atoms with Gasteiger partial charge >= 0.3 is 0 Å². The number of hydrogen-bond donors (Lipinski definition) is 0. The van der Waals surface area contributed by atoms with Crippen molar-refractivity contribution in [1.29, 1.82) is 0 Å². The molecule has 0 saturated heterocycles. The summed E-state index contributed by atoms with van der Waals surface area (Å²) in [6.45, 7) is 113. The van der Waals surface area contributed by atoms with Crippen molar-refractivity contribution in [1.82, 2.24) is 0 Å². The van der Waals surface area contributed by atoms with Gasteiger partial charge in [-0.2, -0.15) is 0 Å². The molecule has 7 heteroatoms. The van der Waals surface area contributed by atoms with Crippen LogP contribution in [0.25, 0.3) is 0 Å². The number of hydrogen-bond acceptors (Lipinski definition) is 2. The minimum absolute atomic E-state index is 0.500. The molecule has 0 N–H and O–H groups in total. The van der Waals surface area contributed by atoms with Crippen LogP contribution in [0.15, 0.2) is 0 Å². The molecule has 0 amide bonds. The highest BCUT2D eigenvalue weighted by Gasteiger charge is 2.45. The molecule has 0 heterocycles. The van der Waals surface area contributed by atoms with Crippen molar-refractivity contribution < 1.29 is 9.47 Å². The van der Waals surface area contributed by atoms with Crippen molar-refractivity contribution in [3.05, 3.63) is 0 Å². The average molecular weight is 1510 g/mol. The summed E-state index contributed by atoms with van der Waals surface area (Å²) in [6, 6.07) is 5.81. The molecule has 100 heavy (non-hydrogen) atoms. The largest absolute Gasteiger partial charge is 0.384 e. The van der Waals surface area contributed by atoms with Crippen LogP contribution in [0, 0.1) is 39.9 Å². The molecule has 622 valence electrons. The molecule has 3 saturated carbocycles. The second-order valence-corrected chi connectivity index (χ2v) is 68.7. The van der Waals surface area contributed by atoms with E-state index in [0.717, 1.165) is 81.2 Å². The molecular formula is C93H218O2Si5. The lowest BCUT2D eigenvalue weighted by atomic mass is 9.90. The van der Waals surface area contributed by atoms with Gasteiger partial charge in [0.2, 0.25) is 0 Å². The first-order valence-corrected chi connectivity index (χ1v) is 60.1. The topological polar surface area (TPSA) is 18.5 Å². The Morgan fingerprint density at radius 2 is 0.630 bits per heavy atom. The lowest BCUT2D eigenvalue weighted by Crippen LogP contribution is -2.45. The predicted octanol–water partition coefficient (Wildman–Crippen LogP) is 37.2. The van der Waals surface area contributed by atoms with E-state index in [0.29, 0.717) is 16.2 Å². The molecule has 0 aliphatic heterocycles. The van der Waals surface area contributed by atoms with Gasteiger partial charge in [-0.25, -0.2) is 0 Å². The summed E-state index contributed by atoms with van der Waals surface area (Å²) in [5.74, 6) is 3.70. The fourth-order valence-corrected chi connectivity index (χ4v) is 29.0. The summed E-state index contributed by atoms with van der Waals surface area (Å²) < 4.78 is 10.2. The zero-order valence-electron chi connectivity index (χ0n) is 81.5. The van der Waals surface area contributed by atoms with Crippen LogP contribution in [-0.2, 0) is 9.47 Å². The molecule has 0 atom stereocenters. The molecule has 3 fully saturated rings.